The van der Waals surface area contributed by atoms with E-state index >= 15 is 0 Å². The highest BCUT2D eigenvalue weighted by molar-refractivity contribution is 9.11. The lowest BCUT2D eigenvalue weighted by atomic mass is 9.80. The topological polar surface area (TPSA) is 38.3 Å². The van der Waals surface area contributed by atoms with E-state index in [4.69, 9.17) is 4.74 Å². The first kappa shape index (κ1) is 12.9. The molecule has 0 unspecified atom stereocenters. The van der Waals surface area contributed by atoms with E-state index in [1.165, 1.54) is 0 Å². The molecule has 1 amide bonds. The minimum Gasteiger partial charge on any atom is -0.449 e. The number of carbonyl (C=O) groups is 1. The van der Waals surface area contributed by atoms with Gasteiger partial charge < -0.3 is 10.1 Å². The molecule has 1 heterocycles. The van der Waals surface area contributed by atoms with Gasteiger partial charge in [-0.3, -0.25) is 0 Å². The van der Waals surface area contributed by atoms with Gasteiger partial charge in [-0.15, -0.1) is 0 Å². The second-order valence-corrected chi connectivity index (χ2v) is 6.68. The average molecular weight is 363 g/mol. The first-order chi connectivity index (χ1) is 7.88. The van der Waals surface area contributed by atoms with E-state index in [1.807, 2.05) is 18.2 Å². The maximum Gasteiger partial charge on any atom is 0.407 e. The van der Waals surface area contributed by atoms with Crippen LogP contribution in [-0.2, 0) is 4.74 Å². The van der Waals surface area contributed by atoms with Gasteiger partial charge in [-0.05, 0) is 23.8 Å². The number of alkyl carbamates (subject to hydrolysis) is 1. The van der Waals surface area contributed by atoms with Gasteiger partial charge in [0.15, 0.2) is 0 Å². The Bertz CT molecular complexity index is 440. The van der Waals surface area contributed by atoms with Gasteiger partial charge >= 0.3 is 6.09 Å². The number of halogens is 2. The molecule has 1 saturated heterocycles. The third kappa shape index (κ3) is 2.83. The largest absolute Gasteiger partial charge is 0.449 e. The molecule has 5 heteroatoms. The normalized spacial score (nSPS) is 22.8. The third-order valence-corrected chi connectivity index (χ3v) is 3.75. The molecular weight excluding hydrogens is 350 g/mol. The second-order valence-electron chi connectivity index (χ2n) is 4.84. The molecule has 0 bridgehead atoms. The van der Waals surface area contributed by atoms with Crippen molar-refractivity contribution in [2.75, 3.05) is 6.61 Å². The molecule has 2 rings (SSSR count). The lowest BCUT2D eigenvalue weighted by molar-refractivity contribution is 0.0387. The number of benzene rings is 1. The maximum atomic E-state index is 11.3. The zero-order chi connectivity index (χ0) is 12.6. The van der Waals surface area contributed by atoms with Crippen LogP contribution in [0.25, 0.3) is 0 Å². The summed E-state index contributed by atoms with van der Waals surface area (Å²) in [5, 5.41) is 2.87. The fourth-order valence-electron chi connectivity index (χ4n) is 1.97. The van der Waals surface area contributed by atoms with E-state index in [2.05, 4.69) is 51.0 Å². The third-order valence-electron chi connectivity index (χ3n) is 2.84. The Labute approximate surface area is 117 Å². The lowest BCUT2D eigenvalue weighted by Crippen LogP contribution is -2.46. The zero-order valence-electron chi connectivity index (χ0n) is 9.59. The van der Waals surface area contributed by atoms with Gasteiger partial charge in [0.2, 0.25) is 0 Å². The molecule has 92 valence electrons. The van der Waals surface area contributed by atoms with Crippen molar-refractivity contribution in [2.24, 2.45) is 5.41 Å². The number of hydrogen-bond acceptors (Lipinski definition) is 2. The van der Waals surface area contributed by atoms with Gasteiger partial charge in [0, 0.05) is 14.4 Å². The Balaban J connectivity index is 2.39. The summed E-state index contributed by atoms with van der Waals surface area (Å²) in [7, 11) is 0. The van der Waals surface area contributed by atoms with E-state index in [9.17, 15) is 4.79 Å². The molecule has 1 aromatic rings. The number of cyclic esters (lactones) is 1. The van der Waals surface area contributed by atoms with Crippen molar-refractivity contribution < 1.29 is 9.53 Å². The van der Waals surface area contributed by atoms with Crippen molar-refractivity contribution >= 4 is 38.0 Å². The van der Waals surface area contributed by atoms with Crippen LogP contribution in [0.15, 0.2) is 27.1 Å². The Kier molecular flexibility index (Phi) is 3.50. The summed E-state index contributed by atoms with van der Waals surface area (Å²) < 4.78 is 7.00. The molecule has 0 aromatic heterocycles. The standard InChI is InChI=1S/C12H13Br2NO2/c1-12(2)6-17-11(16)15-10(12)7-3-8(13)5-9(14)4-7/h3-5,10H,6H2,1-2H3,(H,15,16)/t10-/m1/s1. The Morgan fingerprint density at radius 1 is 1.29 bits per heavy atom. The van der Waals surface area contributed by atoms with Gasteiger partial charge in [0.1, 0.15) is 6.61 Å². The van der Waals surface area contributed by atoms with Crippen molar-refractivity contribution in [1.29, 1.82) is 0 Å². The molecule has 0 saturated carbocycles. The van der Waals surface area contributed by atoms with E-state index in [-0.39, 0.29) is 17.6 Å². The number of rotatable bonds is 1. The highest BCUT2D eigenvalue weighted by Crippen LogP contribution is 2.38. The van der Waals surface area contributed by atoms with Crippen molar-refractivity contribution in [3.63, 3.8) is 0 Å². The Morgan fingerprint density at radius 2 is 1.88 bits per heavy atom. The summed E-state index contributed by atoms with van der Waals surface area (Å²) in [5.74, 6) is 0. The number of amides is 1. The van der Waals surface area contributed by atoms with Crippen LogP contribution >= 0.6 is 31.9 Å². The van der Waals surface area contributed by atoms with Crippen LogP contribution in [0.2, 0.25) is 0 Å². The Hall–Kier alpha value is -0.550. The first-order valence-corrected chi connectivity index (χ1v) is 6.86. The smallest absolute Gasteiger partial charge is 0.407 e. The molecule has 1 atom stereocenters. The fraction of sp³-hybridized carbons (Fsp3) is 0.417. The van der Waals surface area contributed by atoms with Crippen LogP contribution in [0.3, 0.4) is 0 Å². The minimum absolute atomic E-state index is 0.0439. The van der Waals surface area contributed by atoms with Crippen LogP contribution < -0.4 is 5.32 Å². The predicted octanol–water partition coefficient (Wildman–Crippen LogP) is 4.02. The monoisotopic (exact) mass is 361 g/mol. The van der Waals surface area contributed by atoms with E-state index in [0.717, 1.165) is 14.5 Å². The van der Waals surface area contributed by atoms with Crippen LogP contribution in [-0.4, -0.2) is 12.7 Å². The van der Waals surface area contributed by atoms with Gasteiger partial charge in [0.05, 0.1) is 6.04 Å². The van der Waals surface area contributed by atoms with E-state index < -0.39 is 0 Å². The molecule has 1 N–H and O–H groups in total. The molecule has 0 aliphatic carbocycles. The summed E-state index contributed by atoms with van der Waals surface area (Å²) in [6.07, 6.45) is -0.356. The summed E-state index contributed by atoms with van der Waals surface area (Å²) in [6.45, 7) is 4.57. The zero-order valence-corrected chi connectivity index (χ0v) is 12.8. The van der Waals surface area contributed by atoms with Crippen LogP contribution in [0.1, 0.15) is 25.5 Å². The van der Waals surface area contributed by atoms with Crippen LogP contribution in [0.4, 0.5) is 4.79 Å². The van der Waals surface area contributed by atoms with Gasteiger partial charge in [-0.1, -0.05) is 45.7 Å². The molecule has 1 fully saturated rings. The summed E-state index contributed by atoms with van der Waals surface area (Å²) in [5.41, 5.74) is 0.932. The number of ether oxygens (including phenoxy) is 1. The van der Waals surface area contributed by atoms with Gasteiger partial charge in [-0.25, -0.2) is 4.79 Å². The average Bonchev–Trinajstić information content (AvgIpc) is 2.20. The SMILES string of the molecule is CC1(C)COC(=O)N[C@@H]1c1cc(Br)cc(Br)c1. The lowest BCUT2D eigenvalue weighted by Gasteiger charge is -2.38. The predicted molar refractivity (Wildman–Crippen MR) is 72.8 cm³/mol. The first-order valence-electron chi connectivity index (χ1n) is 5.28. The number of carbonyl (C=O) groups excluding carboxylic acids is 1. The molecule has 3 nitrogen and oxygen atoms in total. The molecule has 0 spiro atoms. The van der Waals surface area contributed by atoms with Crippen molar-refractivity contribution in [2.45, 2.75) is 19.9 Å². The fourth-order valence-corrected chi connectivity index (χ4v) is 3.30. The molecular formula is C12H13Br2NO2. The number of hydrogen-bond donors (Lipinski definition) is 1. The minimum atomic E-state index is -0.356. The molecule has 1 aliphatic rings. The summed E-state index contributed by atoms with van der Waals surface area (Å²) >= 11 is 6.92. The maximum absolute atomic E-state index is 11.3. The Morgan fingerprint density at radius 3 is 2.47 bits per heavy atom. The molecule has 0 radical (unpaired) electrons. The number of nitrogens with one attached hydrogen (secondary N) is 1. The quantitative estimate of drug-likeness (QED) is 0.819. The van der Waals surface area contributed by atoms with Gasteiger partial charge in [0.25, 0.3) is 0 Å². The summed E-state index contributed by atoms with van der Waals surface area (Å²) in [4.78, 5) is 11.3. The van der Waals surface area contributed by atoms with Crippen LogP contribution in [0.5, 0.6) is 0 Å². The van der Waals surface area contributed by atoms with Crippen molar-refractivity contribution in [3.8, 4) is 0 Å². The van der Waals surface area contributed by atoms with E-state index in [1.54, 1.807) is 0 Å². The highest BCUT2D eigenvalue weighted by atomic mass is 79.9. The van der Waals surface area contributed by atoms with E-state index in [0.29, 0.717) is 6.61 Å². The molecule has 1 aromatic carbocycles. The molecule has 1 aliphatic heterocycles. The molecule has 17 heavy (non-hydrogen) atoms. The van der Waals surface area contributed by atoms with Crippen molar-refractivity contribution in [3.05, 3.63) is 32.7 Å². The summed E-state index contributed by atoms with van der Waals surface area (Å²) in [6, 6.07) is 5.96. The highest BCUT2D eigenvalue weighted by Gasteiger charge is 2.37. The van der Waals surface area contributed by atoms with Gasteiger partial charge in [-0.2, -0.15) is 0 Å². The van der Waals surface area contributed by atoms with Crippen LogP contribution in [0, 0.1) is 5.41 Å². The second kappa shape index (κ2) is 4.61. The van der Waals surface area contributed by atoms with Crippen molar-refractivity contribution in [1.82, 2.24) is 5.32 Å².